The van der Waals surface area contributed by atoms with Gasteiger partial charge in [-0.2, -0.15) is 0 Å². The van der Waals surface area contributed by atoms with E-state index in [2.05, 4.69) is 44.0 Å². The fourth-order valence-corrected chi connectivity index (χ4v) is 4.61. The number of fused-ring (bicyclic) bond motifs is 1. The van der Waals surface area contributed by atoms with Gasteiger partial charge < -0.3 is 10.3 Å². The number of H-pyrrole nitrogens is 1. The van der Waals surface area contributed by atoms with E-state index >= 15 is 0 Å². The minimum absolute atomic E-state index is 0.0742. The molecule has 160 valence electrons. The van der Waals surface area contributed by atoms with E-state index in [1.165, 1.54) is 10.9 Å². The highest BCUT2D eigenvalue weighted by atomic mass is 32.2. The van der Waals surface area contributed by atoms with Gasteiger partial charge in [-0.15, -0.1) is 0 Å². The topological polar surface area (TPSA) is 99.8 Å². The Kier molecular flexibility index (Phi) is 5.65. The smallest absolute Gasteiger partial charge is 0.264 e. The molecule has 2 aromatic carbocycles. The van der Waals surface area contributed by atoms with Gasteiger partial charge in [0.25, 0.3) is 10.0 Å². The second-order valence-corrected chi connectivity index (χ2v) is 9.18. The van der Waals surface area contributed by atoms with Crippen LogP contribution in [0.4, 0.5) is 11.6 Å². The van der Waals surface area contributed by atoms with Crippen LogP contribution in [0.25, 0.3) is 10.9 Å². The van der Waals surface area contributed by atoms with Crippen LogP contribution in [0.5, 0.6) is 0 Å². The summed E-state index contributed by atoms with van der Waals surface area (Å²) in [7, 11) is -3.78. The Labute approximate surface area is 182 Å². The molecule has 7 nitrogen and oxygen atoms in total. The largest absolute Gasteiger partial charge is 0.378 e. The summed E-state index contributed by atoms with van der Waals surface area (Å²) in [5.74, 6) is 0.0742. The summed E-state index contributed by atoms with van der Waals surface area (Å²) < 4.78 is 27.9. The van der Waals surface area contributed by atoms with Gasteiger partial charge in [-0.05, 0) is 62.2 Å². The molecule has 1 unspecified atom stereocenters. The summed E-state index contributed by atoms with van der Waals surface area (Å²) in [6.07, 6.45) is 2.91. The first-order valence-corrected chi connectivity index (χ1v) is 11.6. The van der Waals surface area contributed by atoms with Crippen molar-refractivity contribution in [2.45, 2.75) is 38.1 Å². The lowest BCUT2D eigenvalue weighted by Crippen LogP contribution is -2.16. The monoisotopic (exact) mass is 435 g/mol. The Hall–Kier alpha value is -3.39. The van der Waals surface area contributed by atoms with Crippen molar-refractivity contribution >= 4 is 32.6 Å². The Morgan fingerprint density at radius 2 is 1.68 bits per heavy atom. The molecule has 0 bridgehead atoms. The molecule has 0 fully saturated rings. The molecule has 2 heterocycles. The van der Waals surface area contributed by atoms with Gasteiger partial charge in [-0.3, -0.25) is 0 Å². The van der Waals surface area contributed by atoms with Crippen LogP contribution in [0.15, 0.2) is 65.7 Å². The van der Waals surface area contributed by atoms with Crippen molar-refractivity contribution < 1.29 is 8.42 Å². The number of aromatic amines is 1. The van der Waals surface area contributed by atoms with Crippen molar-refractivity contribution in [3.8, 4) is 0 Å². The second kappa shape index (κ2) is 8.39. The van der Waals surface area contributed by atoms with Crippen molar-refractivity contribution in [2.24, 2.45) is 0 Å². The SMILES string of the molecule is CCC(Nc1ccc(S(=O)(=O)Nc2nc(C)cc(C)n2)cc1)c1c[nH]c2ccccc12. The van der Waals surface area contributed by atoms with Crippen molar-refractivity contribution in [2.75, 3.05) is 10.0 Å². The molecule has 0 saturated heterocycles. The van der Waals surface area contributed by atoms with Gasteiger partial charge in [-0.25, -0.2) is 23.1 Å². The van der Waals surface area contributed by atoms with Crippen LogP contribution in [-0.2, 0) is 10.0 Å². The Morgan fingerprint density at radius 3 is 2.35 bits per heavy atom. The molecular formula is C23H25N5O2S. The van der Waals surface area contributed by atoms with Crippen LogP contribution in [0.1, 0.15) is 36.3 Å². The summed E-state index contributed by atoms with van der Waals surface area (Å²) in [6, 6.07) is 16.8. The van der Waals surface area contributed by atoms with Gasteiger partial charge in [0, 0.05) is 34.2 Å². The molecule has 0 aliphatic rings. The molecule has 4 rings (SSSR count). The summed E-state index contributed by atoms with van der Waals surface area (Å²) >= 11 is 0. The molecule has 0 aliphatic heterocycles. The Bertz CT molecular complexity index is 1290. The van der Waals surface area contributed by atoms with Gasteiger partial charge in [0.05, 0.1) is 10.9 Å². The Morgan fingerprint density at radius 1 is 1.00 bits per heavy atom. The summed E-state index contributed by atoms with van der Waals surface area (Å²) in [5, 5.41) is 4.69. The normalized spacial score (nSPS) is 12.6. The molecule has 0 radical (unpaired) electrons. The molecule has 3 N–H and O–H groups in total. The number of nitrogens with zero attached hydrogens (tertiary/aromatic N) is 2. The van der Waals surface area contributed by atoms with Crippen LogP contribution in [0, 0.1) is 13.8 Å². The highest BCUT2D eigenvalue weighted by Crippen LogP contribution is 2.29. The molecule has 2 aromatic heterocycles. The predicted molar refractivity (Wildman–Crippen MR) is 124 cm³/mol. The van der Waals surface area contributed by atoms with Crippen LogP contribution >= 0.6 is 0 Å². The molecule has 4 aromatic rings. The average molecular weight is 436 g/mol. The fraction of sp³-hybridized carbons (Fsp3) is 0.217. The zero-order valence-electron chi connectivity index (χ0n) is 17.7. The number of aryl methyl sites for hydroxylation is 2. The number of hydrogen-bond acceptors (Lipinski definition) is 5. The van der Waals surface area contributed by atoms with Crippen LogP contribution < -0.4 is 10.0 Å². The van der Waals surface area contributed by atoms with E-state index in [1.807, 2.05) is 18.3 Å². The van der Waals surface area contributed by atoms with Crippen LogP contribution in [0.2, 0.25) is 0 Å². The number of para-hydroxylation sites is 1. The summed E-state index contributed by atoms with van der Waals surface area (Å²) in [6.45, 7) is 5.71. The molecule has 0 spiro atoms. The third-order valence-corrected chi connectivity index (χ3v) is 6.46. The number of sulfonamides is 1. The van der Waals surface area contributed by atoms with Gasteiger partial charge in [0.1, 0.15) is 0 Å². The first-order valence-electron chi connectivity index (χ1n) is 10.1. The van der Waals surface area contributed by atoms with Gasteiger partial charge in [-0.1, -0.05) is 25.1 Å². The van der Waals surface area contributed by atoms with Crippen LogP contribution in [0.3, 0.4) is 0 Å². The van der Waals surface area contributed by atoms with Crippen molar-refractivity contribution in [3.63, 3.8) is 0 Å². The minimum Gasteiger partial charge on any atom is -0.378 e. The molecule has 8 heteroatoms. The quantitative estimate of drug-likeness (QED) is 0.382. The van der Waals surface area contributed by atoms with E-state index in [9.17, 15) is 8.42 Å². The standard InChI is InChI=1S/C23H25N5O2S/c1-4-21(20-14-24-22-8-6-5-7-19(20)22)27-17-9-11-18(12-10-17)31(29,30)28-23-25-15(2)13-16(3)26-23/h5-14,21,24,27H,4H2,1-3H3,(H,25,26,28). The van der Waals surface area contributed by atoms with Gasteiger partial charge >= 0.3 is 0 Å². The lowest BCUT2D eigenvalue weighted by molar-refractivity contribution is 0.601. The van der Waals surface area contributed by atoms with E-state index in [0.717, 1.165) is 17.6 Å². The van der Waals surface area contributed by atoms with E-state index in [4.69, 9.17) is 0 Å². The molecule has 1 atom stereocenters. The van der Waals surface area contributed by atoms with Crippen molar-refractivity contribution in [1.82, 2.24) is 15.0 Å². The van der Waals surface area contributed by atoms with Gasteiger partial charge in [0.2, 0.25) is 5.95 Å². The summed E-state index contributed by atoms with van der Waals surface area (Å²) in [4.78, 5) is 11.8. The number of rotatable bonds is 7. The van der Waals surface area contributed by atoms with E-state index in [1.54, 1.807) is 44.2 Å². The zero-order valence-corrected chi connectivity index (χ0v) is 18.5. The lowest BCUT2D eigenvalue weighted by Gasteiger charge is -2.18. The van der Waals surface area contributed by atoms with Crippen molar-refractivity contribution in [1.29, 1.82) is 0 Å². The number of benzene rings is 2. The first-order chi connectivity index (χ1) is 14.9. The maximum atomic E-state index is 12.7. The molecule has 0 amide bonds. The number of anilines is 2. The number of aromatic nitrogens is 3. The van der Waals surface area contributed by atoms with E-state index in [0.29, 0.717) is 11.4 Å². The molecule has 0 saturated carbocycles. The minimum atomic E-state index is -3.78. The van der Waals surface area contributed by atoms with E-state index in [-0.39, 0.29) is 16.9 Å². The average Bonchev–Trinajstić information content (AvgIpc) is 3.15. The number of hydrogen-bond donors (Lipinski definition) is 3. The lowest BCUT2D eigenvalue weighted by atomic mass is 10.0. The Balaban J connectivity index is 1.53. The van der Waals surface area contributed by atoms with E-state index < -0.39 is 10.0 Å². The maximum absolute atomic E-state index is 12.7. The number of nitrogens with one attached hydrogen (secondary N) is 3. The van der Waals surface area contributed by atoms with Crippen molar-refractivity contribution in [3.05, 3.63) is 77.7 Å². The predicted octanol–water partition coefficient (Wildman–Crippen LogP) is 4.94. The maximum Gasteiger partial charge on any atom is 0.264 e. The fourth-order valence-electron chi connectivity index (χ4n) is 3.66. The highest BCUT2D eigenvalue weighted by Gasteiger charge is 2.18. The first kappa shape index (κ1) is 20.9. The van der Waals surface area contributed by atoms with Gasteiger partial charge in [0.15, 0.2) is 0 Å². The summed E-state index contributed by atoms with van der Waals surface area (Å²) in [5.41, 5.74) is 4.53. The third kappa shape index (κ3) is 4.54. The zero-order chi connectivity index (χ0) is 22.0. The second-order valence-electron chi connectivity index (χ2n) is 7.50. The third-order valence-electron chi connectivity index (χ3n) is 5.12. The molecule has 0 aliphatic carbocycles. The molecular weight excluding hydrogens is 410 g/mol. The molecule has 31 heavy (non-hydrogen) atoms. The van der Waals surface area contributed by atoms with Crippen LogP contribution in [-0.4, -0.2) is 23.4 Å². The highest BCUT2D eigenvalue weighted by molar-refractivity contribution is 7.92.